The number of hydrogen-bond acceptors (Lipinski definition) is 1. The first kappa shape index (κ1) is 4.62. The lowest BCUT2D eigenvalue weighted by molar-refractivity contribution is -0.131. The van der Waals surface area contributed by atoms with Crippen molar-refractivity contribution in [2.75, 3.05) is 0 Å². The second-order valence-corrected chi connectivity index (χ2v) is 2.49. The molecular weight excluding hydrogens is 90.1 g/mol. The van der Waals surface area contributed by atoms with E-state index in [0.29, 0.717) is 6.42 Å². The molecule has 1 saturated heterocycles. The van der Waals surface area contributed by atoms with Crippen LogP contribution in [0.2, 0.25) is 0 Å². The predicted molar refractivity (Wildman–Crippen MR) is 25.8 cm³/mol. The Balaban J connectivity index is 2.43. The van der Waals surface area contributed by atoms with Gasteiger partial charge in [-0.2, -0.15) is 0 Å². The van der Waals surface area contributed by atoms with E-state index in [-0.39, 0.29) is 11.4 Å². The number of rotatable bonds is 0. The lowest BCUT2D eigenvalue weighted by atomic mass is 9.92. The summed E-state index contributed by atoms with van der Waals surface area (Å²) in [7, 11) is 0. The van der Waals surface area contributed by atoms with Crippen LogP contribution in [0.15, 0.2) is 0 Å². The summed E-state index contributed by atoms with van der Waals surface area (Å²) in [5.41, 5.74) is -0.0307. The standard InChI is InChI=1S/C5H8NO/c1-5(2)3-4(7)6-5/h3H2,1-2H3. The summed E-state index contributed by atoms with van der Waals surface area (Å²) in [6, 6.07) is 0. The van der Waals surface area contributed by atoms with Gasteiger partial charge in [-0.05, 0) is 13.8 Å². The number of nitrogens with zero attached hydrogens (tertiary/aromatic N) is 1. The molecule has 0 aliphatic carbocycles. The molecule has 1 amide bonds. The van der Waals surface area contributed by atoms with Crippen molar-refractivity contribution in [2.24, 2.45) is 0 Å². The van der Waals surface area contributed by atoms with Gasteiger partial charge in [0.2, 0.25) is 5.91 Å². The molecule has 2 heteroatoms. The first-order valence-electron chi connectivity index (χ1n) is 2.36. The molecule has 0 aromatic carbocycles. The molecule has 1 aliphatic heterocycles. The van der Waals surface area contributed by atoms with Gasteiger partial charge in [0.1, 0.15) is 0 Å². The first-order chi connectivity index (χ1) is 3.10. The van der Waals surface area contributed by atoms with Crippen molar-refractivity contribution in [3.63, 3.8) is 0 Å². The lowest BCUT2D eigenvalue weighted by Gasteiger charge is -2.31. The molecule has 7 heavy (non-hydrogen) atoms. The largest absolute Gasteiger partial charge is 0.273 e. The molecule has 0 atom stereocenters. The summed E-state index contributed by atoms with van der Waals surface area (Å²) in [6.45, 7) is 3.91. The van der Waals surface area contributed by atoms with Crippen molar-refractivity contribution in [1.29, 1.82) is 0 Å². The van der Waals surface area contributed by atoms with E-state index in [9.17, 15) is 4.79 Å². The van der Waals surface area contributed by atoms with E-state index >= 15 is 0 Å². The molecule has 2 nitrogen and oxygen atoms in total. The van der Waals surface area contributed by atoms with E-state index in [2.05, 4.69) is 5.32 Å². The molecule has 1 rings (SSSR count). The molecule has 1 radical (unpaired) electrons. The average Bonchev–Trinajstić information content (AvgIpc) is 1.27. The number of hydrogen-bond donors (Lipinski definition) is 0. The molecule has 0 unspecified atom stereocenters. The van der Waals surface area contributed by atoms with Gasteiger partial charge in [0.25, 0.3) is 0 Å². The van der Waals surface area contributed by atoms with Gasteiger partial charge >= 0.3 is 0 Å². The maximum atomic E-state index is 10.1. The van der Waals surface area contributed by atoms with Gasteiger partial charge < -0.3 is 0 Å². The normalized spacial score (nSPS) is 25.7. The van der Waals surface area contributed by atoms with Crippen LogP contribution < -0.4 is 5.32 Å². The summed E-state index contributed by atoms with van der Waals surface area (Å²) < 4.78 is 0. The van der Waals surface area contributed by atoms with Crippen LogP contribution >= 0.6 is 0 Å². The Labute approximate surface area is 42.9 Å². The Hall–Kier alpha value is -0.530. The zero-order valence-electron chi connectivity index (χ0n) is 4.56. The summed E-state index contributed by atoms with van der Waals surface area (Å²) in [6.07, 6.45) is 0.632. The minimum atomic E-state index is -0.0307. The van der Waals surface area contributed by atoms with E-state index in [0.717, 1.165) is 0 Å². The van der Waals surface area contributed by atoms with Crippen LogP contribution in [0.25, 0.3) is 0 Å². The summed E-state index contributed by atoms with van der Waals surface area (Å²) in [5.74, 6) is 0.0463. The minimum absolute atomic E-state index is 0.0307. The van der Waals surface area contributed by atoms with Crippen molar-refractivity contribution >= 4 is 5.91 Å². The third-order valence-corrected chi connectivity index (χ3v) is 1.01. The predicted octanol–water partition coefficient (Wildman–Crippen LogP) is 0.300. The summed E-state index contributed by atoms with van der Waals surface area (Å²) in [4.78, 5) is 10.1. The van der Waals surface area contributed by atoms with Gasteiger partial charge in [0, 0.05) is 0 Å². The molecule has 0 aromatic rings. The Morgan fingerprint density at radius 2 is 2.14 bits per heavy atom. The third kappa shape index (κ3) is 0.734. The van der Waals surface area contributed by atoms with Gasteiger partial charge in [0.15, 0.2) is 0 Å². The Morgan fingerprint density at radius 3 is 2.14 bits per heavy atom. The van der Waals surface area contributed by atoms with Gasteiger partial charge in [-0.3, -0.25) is 4.79 Å². The maximum absolute atomic E-state index is 10.1. The van der Waals surface area contributed by atoms with Crippen molar-refractivity contribution in [2.45, 2.75) is 25.8 Å². The second kappa shape index (κ2) is 0.997. The molecule has 0 aromatic heterocycles. The molecule has 0 bridgehead atoms. The fourth-order valence-corrected chi connectivity index (χ4v) is 0.695. The van der Waals surface area contributed by atoms with E-state index in [4.69, 9.17) is 0 Å². The maximum Gasteiger partial charge on any atom is 0.244 e. The number of carbonyl (C=O) groups is 1. The zero-order chi connectivity index (χ0) is 5.49. The van der Waals surface area contributed by atoms with Crippen LogP contribution in [0.5, 0.6) is 0 Å². The van der Waals surface area contributed by atoms with Crippen LogP contribution in [0.4, 0.5) is 0 Å². The van der Waals surface area contributed by atoms with Crippen LogP contribution in [-0.2, 0) is 4.79 Å². The monoisotopic (exact) mass is 98.1 g/mol. The third-order valence-electron chi connectivity index (χ3n) is 1.01. The lowest BCUT2D eigenvalue weighted by Crippen LogP contribution is -2.50. The van der Waals surface area contributed by atoms with E-state index in [1.807, 2.05) is 13.8 Å². The Morgan fingerprint density at radius 1 is 1.71 bits per heavy atom. The fourth-order valence-electron chi connectivity index (χ4n) is 0.695. The minimum Gasteiger partial charge on any atom is -0.273 e. The zero-order valence-corrected chi connectivity index (χ0v) is 4.56. The molecule has 0 spiro atoms. The number of carbonyl (C=O) groups excluding carboxylic acids is 1. The van der Waals surface area contributed by atoms with Crippen molar-refractivity contribution in [3.05, 3.63) is 0 Å². The highest BCUT2D eigenvalue weighted by molar-refractivity contribution is 5.83. The van der Waals surface area contributed by atoms with Crippen LogP contribution in [-0.4, -0.2) is 11.4 Å². The molecule has 0 saturated carbocycles. The molecule has 1 heterocycles. The van der Waals surface area contributed by atoms with Crippen molar-refractivity contribution < 1.29 is 4.79 Å². The average molecular weight is 98.1 g/mol. The Kier molecular flexibility index (Phi) is 0.659. The molecule has 1 aliphatic rings. The first-order valence-corrected chi connectivity index (χ1v) is 2.36. The highest BCUT2D eigenvalue weighted by atomic mass is 16.2. The second-order valence-electron chi connectivity index (χ2n) is 2.49. The van der Waals surface area contributed by atoms with Crippen LogP contribution in [0.1, 0.15) is 20.3 Å². The summed E-state index contributed by atoms with van der Waals surface area (Å²) >= 11 is 0. The molecular formula is C5H8NO. The SMILES string of the molecule is CC1(C)CC(=O)[N]1. The number of β-lactam (4-membered cyclic amide) rings is 1. The highest BCUT2D eigenvalue weighted by Crippen LogP contribution is 2.19. The Bertz CT molecular complexity index is 96.6. The van der Waals surface area contributed by atoms with Crippen LogP contribution in [0.3, 0.4) is 0 Å². The van der Waals surface area contributed by atoms with Crippen LogP contribution in [0, 0.1) is 0 Å². The number of amides is 1. The molecule has 39 valence electrons. The molecule has 0 N–H and O–H groups in total. The smallest absolute Gasteiger partial charge is 0.244 e. The van der Waals surface area contributed by atoms with Gasteiger partial charge in [-0.25, -0.2) is 5.32 Å². The van der Waals surface area contributed by atoms with Crippen molar-refractivity contribution in [1.82, 2.24) is 5.32 Å². The van der Waals surface area contributed by atoms with E-state index in [1.165, 1.54) is 0 Å². The summed E-state index contributed by atoms with van der Waals surface area (Å²) in [5, 5.41) is 3.72. The van der Waals surface area contributed by atoms with Gasteiger partial charge in [0.05, 0.1) is 12.0 Å². The quantitative estimate of drug-likeness (QED) is 0.401. The fraction of sp³-hybridized carbons (Fsp3) is 0.800. The molecule has 1 fully saturated rings. The van der Waals surface area contributed by atoms with E-state index in [1.54, 1.807) is 0 Å². The van der Waals surface area contributed by atoms with Gasteiger partial charge in [-0.15, -0.1) is 0 Å². The van der Waals surface area contributed by atoms with Gasteiger partial charge in [-0.1, -0.05) is 0 Å². The highest BCUT2D eigenvalue weighted by Gasteiger charge is 2.35. The van der Waals surface area contributed by atoms with Crippen molar-refractivity contribution in [3.8, 4) is 0 Å². The van der Waals surface area contributed by atoms with E-state index < -0.39 is 0 Å². The topological polar surface area (TPSA) is 31.2 Å².